The Bertz CT molecular complexity index is 1100. The van der Waals surface area contributed by atoms with Crippen molar-refractivity contribution < 1.29 is 12.8 Å². The molecule has 2 aromatic heterocycles. The molecule has 10 heteroatoms. The first kappa shape index (κ1) is 19.5. The Kier molecular flexibility index (Phi) is 5.29. The summed E-state index contributed by atoms with van der Waals surface area (Å²) in [6.07, 6.45) is 3.48. The summed E-state index contributed by atoms with van der Waals surface area (Å²) in [5.41, 5.74) is 0.185. The highest BCUT2D eigenvalue weighted by Crippen LogP contribution is 2.20. The number of hydrogen-bond acceptors (Lipinski definition) is 6. The van der Waals surface area contributed by atoms with Crippen molar-refractivity contribution in [3.63, 3.8) is 0 Å². The molecule has 1 saturated heterocycles. The molecule has 0 amide bonds. The number of anilines is 1. The molecule has 1 aliphatic heterocycles. The lowest BCUT2D eigenvalue weighted by molar-refractivity contribution is 0.382. The molecule has 3 aromatic rings. The zero-order chi connectivity index (χ0) is 20.4. The molecule has 1 fully saturated rings. The third-order valence-corrected chi connectivity index (χ3v) is 6.63. The molecule has 0 unspecified atom stereocenters. The molecule has 4 rings (SSSR count). The zero-order valence-electron chi connectivity index (χ0n) is 15.9. The summed E-state index contributed by atoms with van der Waals surface area (Å²) >= 11 is 0. The van der Waals surface area contributed by atoms with Crippen LogP contribution in [0.25, 0.3) is 5.82 Å². The highest BCUT2D eigenvalue weighted by atomic mass is 32.2. The van der Waals surface area contributed by atoms with Gasteiger partial charge in [-0.1, -0.05) is 18.2 Å². The predicted octanol–water partition coefficient (Wildman–Crippen LogP) is 1.76. The molecular formula is C19H21FN6O2S. The molecule has 0 aliphatic carbocycles. The van der Waals surface area contributed by atoms with E-state index < -0.39 is 15.8 Å². The molecule has 1 aromatic carbocycles. The quantitative estimate of drug-likeness (QED) is 0.630. The normalized spacial score (nSPS) is 15.6. The Morgan fingerprint density at radius 2 is 1.76 bits per heavy atom. The van der Waals surface area contributed by atoms with Crippen molar-refractivity contribution >= 4 is 15.8 Å². The Labute approximate surface area is 168 Å². The van der Waals surface area contributed by atoms with E-state index >= 15 is 0 Å². The van der Waals surface area contributed by atoms with Crippen molar-refractivity contribution in [1.82, 2.24) is 24.1 Å². The number of sulfonamides is 1. The first-order valence-corrected chi connectivity index (χ1v) is 10.9. The summed E-state index contributed by atoms with van der Waals surface area (Å²) < 4.78 is 42.4. The van der Waals surface area contributed by atoms with E-state index in [4.69, 9.17) is 0 Å². The van der Waals surface area contributed by atoms with Crippen LogP contribution in [0.4, 0.5) is 10.2 Å². The van der Waals surface area contributed by atoms with Crippen LogP contribution in [-0.4, -0.2) is 58.7 Å². The fraction of sp³-hybridized carbons (Fsp3) is 0.316. The fourth-order valence-corrected chi connectivity index (χ4v) is 4.85. The van der Waals surface area contributed by atoms with Gasteiger partial charge in [0.15, 0.2) is 5.82 Å². The highest BCUT2D eigenvalue weighted by molar-refractivity contribution is 7.88. The molecular weight excluding hydrogens is 395 g/mol. The van der Waals surface area contributed by atoms with Crippen molar-refractivity contribution in [2.75, 3.05) is 31.1 Å². The number of halogens is 1. The SMILES string of the molecule is Cc1nc(N2CCN(S(=O)(=O)Cc3ccccc3F)CC2)cc(-n2cccn2)n1. The Morgan fingerprint density at radius 3 is 2.45 bits per heavy atom. The number of piperazine rings is 1. The fourth-order valence-electron chi connectivity index (χ4n) is 3.32. The average molecular weight is 416 g/mol. The first-order valence-electron chi connectivity index (χ1n) is 9.24. The number of hydrogen-bond donors (Lipinski definition) is 0. The van der Waals surface area contributed by atoms with Crippen molar-refractivity contribution in [3.05, 3.63) is 66.0 Å². The van der Waals surface area contributed by atoms with Gasteiger partial charge in [-0.05, 0) is 19.1 Å². The number of aryl methyl sites for hydroxylation is 1. The molecule has 0 spiro atoms. The summed E-state index contributed by atoms with van der Waals surface area (Å²) in [6.45, 7) is 3.43. The molecule has 0 N–H and O–H groups in total. The maximum absolute atomic E-state index is 13.9. The third-order valence-electron chi connectivity index (χ3n) is 4.80. The van der Waals surface area contributed by atoms with Gasteiger partial charge in [0.1, 0.15) is 17.5 Å². The highest BCUT2D eigenvalue weighted by Gasteiger charge is 2.28. The molecule has 152 valence electrons. The number of nitrogens with zero attached hydrogens (tertiary/aromatic N) is 6. The lowest BCUT2D eigenvalue weighted by Gasteiger charge is -2.34. The van der Waals surface area contributed by atoms with Crippen molar-refractivity contribution in [2.24, 2.45) is 0 Å². The largest absolute Gasteiger partial charge is 0.354 e. The van der Waals surface area contributed by atoms with Gasteiger partial charge < -0.3 is 4.90 Å². The Morgan fingerprint density at radius 1 is 1.03 bits per heavy atom. The van der Waals surface area contributed by atoms with Gasteiger partial charge in [0.2, 0.25) is 10.0 Å². The van der Waals surface area contributed by atoms with E-state index in [1.54, 1.807) is 29.2 Å². The van der Waals surface area contributed by atoms with Gasteiger partial charge in [0.05, 0.1) is 5.75 Å². The monoisotopic (exact) mass is 416 g/mol. The molecule has 1 aliphatic rings. The molecule has 8 nitrogen and oxygen atoms in total. The maximum atomic E-state index is 13.9. The van der Waals surface area contributed by atoms with Crippen LogP contribution >= 0.6 is 0 Å². The van der Waals surface area contributed by atoms with Crippen LogP contribution in [0, 0.1) is 12.7 Å². The predicted molar refractivity (Wildman–Crippen MR) is 107 cm³/mol. The van der Waals surface area contributed by atoms with Gasteiger partial charge in [-0.25, -0.2) is 27.5 Å². The molecule has 3 heterocycles. The van der Waals surface area contributed by atoms with Gasteiger partial charge in [0, 0.05) is 50.2 Å². The van der Waals surface area contributed by atoms with Crippen LogP contribution in [0.15, 0.2) is 48.8 Å². The van der Waals surface area contributed by atoms with Gasteiger partial charge in [-0.2, -0.15) is 9.40 Å². The molecule has 0 bridgehead atoms. The van der Waals surface area contributed by atoms with Crippen LogP contribution in [0.1, 0.15) is 11.4 Å². The Balaban J connectivity index is 1.46. The number of benzene rings is 1. The molecule has 0 atom stereocenters. The van der Waals surface area contributed by atoms with E-state index in [2.05, 4.69) is 15.1 Å². The van der Waals surface area contributed by atoms with Crippen LogP contribution in [-0.2, 0) is 15.8 Å². The van der Waals surface area contributed by atoms with Crippen LogP contribution in [0.2, 0.25) is 0 Å². The van der Waals surface area contributed by atoms with Crippen molar-refractivity contribution in [2.45, 2.75) is 12.7 Å². The van der Waals surface area contributed by atoms with E-state index in [0.717, 1.165) is 5.82 Å². The summed E-state index contributed by atoms with van der Waals surface area (Å²) in [7, 11) is -3.60. The standard InChI is InChI=1S/C19H21FN6O2S/c1-15-22-18(13-19(23-15)26-8-4-7-21-26)24-9-11-25(12-10-24)29(27,28)14-16-5-2-3-6-17(16)20/h2-8,13H,9-12,14H2,1H3. The van der Waals surface area contributed by atoms with Crippen LogP contribution in [0.5, 0.6) is 0 Å². The third kappa shape index (κ3) is 4.28. The lowest BCUT2D eigenvalue weighted by Crippen LogP contribution is -2.49. The van der Waals surface area contributed by atoms with E-state index in [-0.39, 0.29) is 11.3 Å². The summed E-state index contributed by atoms with van der Waals surface area (Å²) in [5, 5.41) is 4.19. The second-order valence-corrected chi connectivity index (χ2v) is 8.78. The van der Waals surface area contributed by atoms with E-state index in [1.165, 1.54) is 16.4 Å². The topological polar surface area (TPSA) is 84.2 Å². The lowest BCUT2D eigenvalue weighted by atomic mass is 10.2. The van der Waals surface area contributed by atoms with E-state index in [9.17, 15) is 12.8 Å². The van der Waals surface area contributed by atoms with E-state index in [0.29, 0.717) is 37.8 Å². The maximum Gasteiger partial charge on any atom is 0.218 e. The first-order chi connectivity index (χ1) is 13.9. The van der Waals surface area contributed by atoms with Gasteiger partial charge >= 0.3 is 0 Å². The zero-order valence-corrected chi connectivity index (χ0v) is 16.8. The summed E-state index contributed by atoms with van der Waals surface area (Å²) in [5.74, 6) is 1.16. The summed E-state index contributed by atoms with van der Waals surface area (Å²) in [6, 6.07) is 9.62. The van der Waals surface area contributed by atoms with Gasteiger partial charge in [0.25, 0.3) is 0 Å². The van der Waals surface area contributed by atoms with Gasteiger partial charge in [-0.15, -0.1) is 0 Å². The van der Waals surface area contributed by atoms with Crippen molar-refractivity contribution in [1.29, 1.82) is 0 Å². The van der Waals surface area contributed by atoms with Gasteiger partial charge in [-0.3, -0.25) is 0 Å². The summed E-state index contributed by atoms with van der Waals surface area (Å²) in [4.78, 5) is 10.9. The van der Waals surface area contributed by atoms with Crippen molar-refractivity contribution in [3.8, 4) is 5.82 Å². The van der Waals surface area contributed by atoms with Crippen LogP contribution < -0.4 is 4.90 Å². The molecule has 0 saturated carbocycles. The smallest absolute Gasteiger partial charge is 0.218 e. The van der Waals surface area contributed by atoms with Crippen LogP contribution in [0.3, 0.4) is 0 Å². The minimum atomic E-state index is -3.60. The minimum Gasteiger partial charge on any atom is -0.354 e. The molecule has 29 heavy (non-hydrogen) atoms. The number of aromatic nitrogens is 4. The number of rotatable bonds is 5. The minimum absolute atomic E-state index is 0.185. The Hall–Kier alpha value is -2.85. The second kappa shape index (κ2) is 7.88. The molecule has 0 radical (unpaired) electrons. The average Bonchev–Trinajstić information content (AvgIpc) is 3.24. The van der Waals surface area contributed by atoms with E-state index in [1.807, 2.05) is 24.0 Å². The second-order valence-electron chi connectivity index (χ2n) is 6.82.